The Labute approximate surface area is 176 Å². The number of carbonyl (C=O) groups is 1. The Morgan fingerprint density at radius 1 is 1.50 bits per heavy atom. The first kappa shape index (κ1) is 20.2. The fourth-order valence-corrected chi connectivity index (χ4v) is 3.63. The fourth-order valence-electron chi connectivity index (χ4n) is 2.62. The lowest BCUT2D eigenvalue weighted by atomic mass is 9.96. The number of hydrogen-bond donors (Lipinski definition) is 1. The van der Waals surface area contributed by atoms with Crippen molar-refractivity contribution < 1.29 is 13.9 Å². The molecule has 2 aromatic rings. The molecule has 1 unspecified atom stereocenters. The summed E-state index contributed by atoms with van der Waals surface area (Å²) in [4.78, 5) is 21.1. The normalized spacial score (nSPS) is 16.2. The summed E-state index contributed by atoms with van der Waals surface area (Å²) < 4.78 is 20.5. The number of aliphatic imine (C=N–C) groups is 1. The number of benzene rings is 1. The van der Waals surface area contributed by atoms with Gasteiger partial charge in [0.15, 0.2) is 0 Å². The van der Waals surface area contributed by atoms with E-state index >= 15 is 0 Å². The molecule has 0 fully saturated rings. The second-order valence-electron chi connectivity index (χ2n) is 5.52. The number of carbonyl (C=O) groups excluding carboxylic acids is 1. The van der Waals surface area contributed by atoms with Crippen molar-refractivity contribution in [1.29, 1.82) is 5.26 Å². The predicted octanol–water partition coefficient (Wildman–Crippen LogP) is 2.81. The Balaban J connectivity index is 2.15. The maximum Gasteiger partial charge on any atom is 0.338 e. The van der Waals surface area contributed by atoms with Gasteiger partial charge in [-0.15, -0.1) is 5.10 Å². The first-order valence-corrected chi connectivity index (χ1v) is 9.98. The first-order chi connectivity index (χ1) is 13.5. The van der Waals surface area contributed by atoms with E-state index < -0.39 is 17.8 Å². The molecule has 1 aromatic heterocycles. The Hall–Kier alpha value is -2.58. The lowest BCUT2D eigenvalue weighted by Crippen LogP contribution is -2.38. The quantitative estimate of drug-likeness (QED) is 0.500. The molecule has 0 spiro atoms. The molecule has 144 valence electrons. The molecular formula is C17H13Br2FN6O2. The van der Waals surface area contributed by atoms with Crippen LogP contribution < -0.4 is 5.32 Å². The van der Waals surface area contributed by atoms with Crippen molar-refractivity contribution in [1.82, 2.24) is 20.1 Å². The summed E-state index contributed by atoms with van der Waals surface area (Å²) in [5.41, 5.74) is 1.37. The average molecular weight is 512 g/mol. The van der Waals surface area contributed by atoms with E-state index in [1.165, 1.54) is 23.1 Å². The average Bonchev–Trinajstić information content (AvgIpc) is 3.16. The summed E-state index contributed by atoms with van der Waals surface area (Å²) in [6.07, 6.45) is 1.34. The number of nitrogens with one attached hydrogen (secondary N) is 1. The Morgan fingerprint density at radius 3 is 2.89 bits per heavy atom. The van der Waals surface area contributed by atoms with E-state index in [4.69, 9.17) is 10.00 Å². The maximum atomic E-state index is 13.6. The Bertz CT molecular complexity index is 1030. The van der Waals surface area contributed by atoms with Crippen molar-refractivity contribution in [3.05, 3.63) is 57.5 Å². The van der Waals surface area contributed by atoms with Crippen LogP contribution in [0.25, 0.3) is 0 Å². The van der Waals surface area contributed by atoms with Crippen LogP contribution in [0, 0.1) is 17.1 Å². The summed E-state index contributed by atoms with van der Waals surface area (Å²) in [5.74, 6) is -0.724. The predicted molar refractivity (Wildman–Crippen MR) is 105 cm³/mol. The number of halogens is 3. The minimum absolute atomic E-state index is 0.0235. The molecule has 0 radical (unpaired) electrons. The standard InChI is InChI=1S/C17H13Br2FN6O2/c1-2-28-16(27)14-12(6-18)23-17(26-8-22-13(7-21)25-26)24-15(14)10-4-3-9(20)5-11(10)19/h3-5,8,15H,2,6H2,1H3,(H,23,24). The number of rotatable bonds is 4. The molecule has 11 heteroatoms. The molecule has 1 N–H and O–H groups in total. The molecular weight excluding hydrogens is 499 g/mol. The summed E-state index contributed by atoms with van der Waals surface area (Å²) in [5, 5.41) is 16.3. The number of nitrogens with zero attached hydrogens (tertiary/aromatic N) is 5. The van der Waals surface area contributed by atoms with Crippen LogP contribution in [-0.4, -0.2) is 38.6 Å². The molecule has 8 nitrogen and oxygen atoms in total. The zero-order valence-electron chi connectivity index (χ0n) is 14.5. The van der Waals surface area contributed by atoms with Gasteiger partial charge in [0.1, 0.15) is 24.3 Å². The van der Waals surface area contributed by atoms with E-state index in [9.17, 15) is 9.18 Å². The van der Waals surface area contributed by atoms with Gasteiger partial charge in [-0.25, -0.2) is 19.2 Å². The molecule has 0 saturated carbocycles. The van der Waals surface area contributed by atoms with Crippen molar-refractivity contribution >= 4 is 43.8 Å². The van der Waals surface area contributed by atoms with Crippen molar-refractivity contribution in [2.45, 2.75) is 13.0 Å². The van der Waals surface area contributed by atoms with E-state index in [1.807, 2.05) is 6.07 Å². The van der Waals surface area contributed by atoms with Gasteiger partial charge in [0.05, 0.1) is 12.2 Å². The topological polar surface area (TPSA) is 105 Å². The van der Waals surface area contributed by atoms with Gasteiger partial charge in [0.25, 0.3) is 5.82 Å². The third kappa shape index (κ3) is 3.98. The van der Waals surface area contributed by atoms with Gasteiger partial charge in [0.2, 0.25) is 5.96 Å². The maximum absolute atomic E-state index is 13.6. The highest BCUT2D eigenvalue weighted by Crippen LogP contribution is 2.36. The molecule has 0 bridgehead atoms. The van der Waals surface area contributed by atoms with E-state index in [-0.39, 0.29) is 24.0 Å². The third-order valence-electron chi connectivity index (χ3n) is 3.81. The van der Waals surface area contributed by atoms with Gasteiger partial charge in [-0.3, -0.25) is 0 Å². The smallest absolute Gasteiger partial charge is 0.338 e. The molecule has 0 saturated heterocycles. The molecule has 0 amide bonds. The van der Waals surface area contributed by atoms with Gasteiger partial charge in [-0.1, -0.05) is 37.9 Å². The lowest BCUT2D eigenvalue weighted by Gasteiger charge is -2.27. The Kier molecular flexibility index (Phi) is 6.21. The van der Waals surface area contributed by atoms with Crippen LogP contribution in [0.2, 0.25) is 0 Å². The SMILES string of the molecule is CCOC(=O)C1=C(CBr)NC(n2cnc(C#N)n2)=NC1c1ccc(F)cc1Br. The van der Waals surface area contributed by atoms with Crippen LogP contribution in [0.5, 0.6) is 0 Å². The van der Waals surface area contributed by atoms with Crippen molar-refractivity contribution in [2.24, 2.45) is 4.99 Å². The number of ether oxygens (including phenoxy) is 1. The van der Waals surface area contributed by atoms with E-state index in [0.29, 0.717) is 21.1 Å². The molecule has 1 atom stereocenters. The van der Waals surface area contributed by atoms with Crippen molar-refractivity contribution in [2.75, 3.05) is 11.9 Å². The highest BCUT2D eigenvalue weighted by molar-refractivity contribution is 9.10. The summed E-state index contributed by atoms with van der Waals surface area (Å²) >= 11 is 6.71. The summed E-state index contributed by atoms with van der Waals surface area (Å²) in [6, 6.07) is 5.19. The fraction of sp³-hybridized carbons (Fsp3) is 0.235. The van der Waals surface area contributed by atoms with Crippen molar-refractivity contribution in [3.8, 4) is 6.07 Å². The van der Waals surface area contributed by atoms with E-state index in [2.05, 4.69) is 52.3 Å². The molecule has 28 heavy (non-hydrogen) atoms. The Morgan fingerprint density at radius 2 is 2.29 bits per heavy atom. The van der Waals surface area contributed by atoms with E-state index in [1.54, 1.807) is 13.0 Å². The highest BCUT2D eigenvalue weighted by Gasteiger charge is 2.33. The van der Waals surface area contributed by atoms with Crippen molar-refractivity contribution in [3.63, 3.8) is 0 Å². The monoisotopic (exact) mass is 510 g/mol. The lowest BCUT2D eigenvalue weighted by molar-refractivity contribution is -0.138. The molecule has 1 aliphatic heterocycles. The largest absolute Gasteiger partial charge is 0.463 e. The van der Waals surface area contributed by atoms with Gasteiger partial charge < -0.3 is 10.1 Å². The van der Waals surface area contributed by atoms with Crippen LogP contribution in [-0.2, 0) is 9.53 Å². The number of allylic oxidation sites excluding steroid dienone is 1. The van der Waals surface area contributed by atoms with Gasteiger partial charge in [0, 0.05) is 15.5 Å². The first-order valence-electron chi connectivity index (χ1n) is 8.06. The molecule has 1 aromatic carbocycles. The van der Waals surface area contributed by atoms with Crippen LogP contribution in [0.3, 0.4) is 0 Å². The minimum atomic E-state index is -0.785. The third-order valence-corrected chi connectivity index (χ3v) is 5.06. The van der Waals surface area contributed by atoms with Crippen LogP contribution in [0.4, 0.5) is 4.39 Å². The minimum Gasteiger partial charge on any atom is -0.463 e. The van der Waals surface area contributed by atoms with Crippen LogP contribution in [0.15, 0.2) is 45.3 Å². The van der Waals surface area contributed by atoms with Gasteiger partial charge >= 0.3 is 5.97 Å². The van der Waals surface area contributed by atoms with Gasteiger partial charge in [-0.2, -0.15) is 9.94 Å². The second kappa shape index (κ2) is 8.62. The molecule has 0 aliphatic carbocycles. The van der Waals surface area contributed by atoms with Crippen LogP contribution in [0.1, 0.15) is 24.4 Å². The van der Waals surface area contributed by atoms with E-state index in [0.717, 1.165) is 0 Å². The number of nitriles is 1. The van der Waals surface area contributed by atoms with Gasteiger partial charge in [-0.05, 0) is 24.6 Å². The second-order valence-corrected chi connectivity index (χ2v) is 6.93. The van der Waals surface area contributed by atoms with Crippen LogP contribution >= 0.6 is 31.9 Å². The molecule has 2 heterocycles. The number of hydrogen-bond acceptors (Lipinski definition) is 7. The number of alkyl halides is 1. The number of aromatic nitrogens is 3. The molecule has 1 aliphatic rings. The molecule has 3 rings (SSSR count). The number of esters is 1. The zero-order valence-corrected chi connectivity index (χ0v) is 17.7. The summed E-state index contributed by atoms with van der Waals surface area (Å²) in [6.45, 7) is 1.90. The highest BCUT2D eigenvalue weighted by atomic mass is 79.9. The summed E-state index contributed by atoms with van der Waals surface area (Å²) in [7, 11) is 0. The zero-order chi connectivity index (χ0) is 20.3.